The summed E-state index contributed by atoms with van der Waals surface area (Å²) in [5.41, 5.74) is 5.25. The maximum atomic E-state index is 13.0. The Balaban J connectivity index is 3.09. The van der Waals surface area contributed by atoms with Crippen molar-refractivity contribution in [3.05, 3.63) is 0 Å². The van der Waals surface area contributed by atoms with Crippen LogP contribution >= 0.6 is 0 Å². The van der Waals surface area contributed by atoms with E-state index in [-0.39, 0.29) is 24.9 Å². The summed E-state index contributed by atoms with van der Waals surface area (Å²) in [7, 11) is 0. The van der Waals surface area contributed by atoms with Gasteiger partial charge in [-0.1, -0.05) is 33.6 Å². The third-order valence-electron chi connectivity index (χ3n) is 4.20. The zero-order valence-electron chi connectivity index (χ0n) is 13.3. The molecule has 1 saturated heterocycles. The van der Waals surface area contributed by atoms with Crippen molar-refractivity contribution < 1.29 is 14.4 Å². The van der Waals surface area contributed by atoms with Gasteiger partial charge in [-0.25, -0.2) is 0 Å². The Morgan fingerprint density at radius 3 is 2.29 bits per heavy atom. The third-order valence-corrected chi connectivity index (χ3v) is 4.20. The van der Waals surface area contributed by atoms with E-state index in [0.717, 1.165) is 12.8 Å². The third kappa shape index (κ3) is 3.61. The van der Waals surface area contributed by atoms with Crippen molar-refractivity contribution >= 4 is 17.7 Å². The van der Waals surface area contributed by atoms with Crippen LogP contribution in [0.3, 0.4) is 0 Å². The molecule has 0 saturated carbocycles. The smallest absolute Gasteiger partial charge is 0.249 e. The van der Waals surface area contributed by atoms with E-state index in [1.54, 1.807) is 0 Å². The normalized spacial score (nSPS) is 19.6. The molecule has 0 aromatic rings. The molecule has 0 aromatic heterocycles. The molecule has 1 aliphatic rings. The maximum absolute atomic E-state index is 13.0. The lowest BCUT2D eigenvalue weighted by Crippen LogP contribution is -2.63. The van der Waals surface area contributed by atoms with Gasteiger partial charge in [0, 0.05) is 6.54 Å². The van der Waals surface area contributed by atoms with Crippen LogP contribution in [0.4, 0.5) is 0 Å². The lowest BCUT2D eigenvalue weighted by molar-refractivity contribution is -0.156. The van der Waals surface area contributed by atoms with Crippen LogP contribution in [0.5, 0.6) is 0 Å². The Labute approximate surface area is 126 Å². The van der Waals surface area contributed by atoms with E-state index < -0.39 is 17.4 Å². The quantitative estimate of drug-likeness (QED) is 0.680. The van der Waals surface area contributed by atoms with Crippen molar-refractivity contribution in [1.82, 2.24) is 10.2 Å². The molecule has 1 heterocycles. The van der Waals surface area contributed by atoms with Crippen LogP contribution in [-0.4, -0.2) is 41.8 Å². The second-order valence-electron chi connectivity index (χ2n) is 5.75. The number of nitrogens with zero attached hydrogens (tertiary/aromatic N) is 1. The van der Waals surface area contributed by atoms with Crippen molar-refractivity contribution in [2.75, 3.05) is 13.1 Å². The average molecular weight is 297 g/mol. The number of carbonyl (C=O) groups is 3. The van der Waals surface area contributed by atoms with Gasteiger partial charge in [-0.3, -0.25) is 19.7 Å². The molecule has 1 atom stereocenters. The first-order valence-electron chi connectivity index (χ1n) is 7.80. The topological polar surface area (TPSA) is 92.5 Å². The molecule has 1 fully saturated rings. The molecule has 6 nitrogen and oxygen atoms in total. The Kier molecular flexibility index (Phi) is 6.33. The highest BCUT2D eigenvalue weighted by molar-refractivity contribution is 6.04. The Hall–Kier alpha value is -1.43. The molecule has 0 aliphatic carbocycles. The number of nitrogens with one attached hydrogen (secondary N) is 1. The maximum Gasteiger partial charge on any atom is 0.249 e. The van der Waals surface area contributed by atoms with Crippen LogP contribution in [0.25, 0.3) is 0 Å². The number of nitrogens with two attached hydrogens (primary N) is 1. The first-order valence-corrected chi connectivity index (χ1v) is 7.80. The van der Waals surface area contributed by atoms with Crippen LogP contribution in [0.1, 0.15) is 52.9 Å². The van der Waals surface area contributed by atoms with Crippen LogP contribution < -0.4 is 11.1 Å². The molecule has 0 spiro atoms. The fraction of sp³-hybridized carbons (Fsp3) is 0.800. The van der Waals surface area contributed by atoms with E-state index in [1.807, 2.05) is 20.8 Å². The van der Waals surface area contributed by atoms with Gasteiger partial charge in [0.05, 0.1) is 5.41 Å². The van der Waals surface area contributed by atoms with Gasteiger partial charge in [0.2, 0.25) is 17.7 Å². The zero-order valence-corrected chi connectivity index (χ0v) is 13.3. The second kappa shape index (κ2) is 7.54. The summed E-state index contributed by atoms with van der Waals surface area (Å²) < 4.78 is 0. The van der Waals surface area contributed by atoms with Crippen molar-refractivity contribution in [3.63, 3.8) is 0 Å². The zero-order chi connectivity index (χ0) is 16.0. The van der Waals surface area contributed by atoms with Crippen molar-refractivity contribution in [1.29, 1.82) is 0 Å². The predicted octanol–water partition coefficient (Wildman–Crippen LogP) is 0.795. The molecule has 1 unspecified atom stereocenters. The monoisotopic (exact) mass is 297 g/mol. The average Bonchev–Trinajstić information content (AvgIpc) is 2.45. The van der Waals surface area contributed by atoms with Gasteiger partial charge >= 0.3 is 0 Å². The number of piperazine rings is 1. The fourth-order valence-corrected chi connectivity index (χ4v) is 3.18. The summed E-state index contributed by atoms with van der Waals surface area (Å²) in [6, 6.07) is -0.574. The predicted molar refractivity (Wildman–Crippen MR) is 80.2 cm³/mol. The van der Waals surface area contributed by atoms with E-state index >= 15 is 0 Å². The first-order chi connectivity index (χ1) is 9.95. The first kappa shape index (κ1) is 17.6. The second-order valence-corrected chi connectivity index (χ2v) is 5.75. The largest absolute Gasteiger partial charge is 0.329 e. The highest BCUT2D eigenvalue weighted by atomic mass is 16.2. The summed E-state index contributed by atoms with van der Waals surface area (Å²) in [5.74, 6) is -0.957. The minimum absolute atomic E-state index is 0.0573. The molecule has 120 valence electrons. The highest BCUT2D eigenvalue weighted by Gasteiger charge is 2.44. The van der Waals surface area contributed by atoms with Gasteiger partial charge in [-0.05, 0) is 19.3 Å². The number of hydrogen-bond donors (Lipinski definition) is 2. The van der Waals surface area contributed by atoms with Gasteiger partial charge in [-0.2, -0.15) is 0 Å². The van der Waals surface area contributed by atoms with Crippen molar-refractivity contribution in [3.8, 4) is 0 Å². The minimum atomic E-state index is -0.658. The SMILES string of the molecule is CCCC(CN)(CCC)C(=O)N1CC(=O)NC(=O)C1CC. The summed E-state index contributed by atoms with van der Waals surface area (Å²) in [6.45, 7) is 6.05. The van der Waals surface area contributed by atoms with Crippen LogP contribution in [0, 0.1) is 5.41 Å². The molecular formula is C15H27N3O3. The van der Waals surface area contributed by atoms with E-state index in [9.17, 15) is 14.4 Å². The number of imide groups is 1. The molecule has 0 bridgehead atoms. The lowest BCUT2D eigenvalue weighted by Gasteiger charge is -2.41. The van der Waals surface area contributed by atoms with E-state index in [0.29, 0.717) is 19.3 Å². The summed E-state index contributed by atoms with van der Waals surface area (Å²) in [6.07, 6.45) is 3.53. The number of amides is 3. The summed E-state index contributed by atoms with van der Waals surface area (Å²) in [5, 5.41) is 2.30. The number of carbonyl (C=O) groups excluding carboxylic acids is 3. The molecule has 21 heavy (non-hydrogen) atoms. The minimum Gasteiger partial charge on any atom is -0.329 e. The van der Waals surface area contributed by atoms with Crippen molar-refractivity contribution in [2.45, 2.75) is 58.9 Å². The van der Waals surface area contributed by atoms with Crippen molar-refractivity contribution in [2.24, 2.45) is 11.1 Å². The van der Waals surface area contributed by atoms with E-state index in [2.05, 4.69) is 5.32 Å². The summed E-state index contributed by atoms with van der Waals surface area (Å²) >= 11 is 0. The molecule has 0 radical (unpaired) electrons. The molecular weight excluding hydrogens is 270 g/mol. The molecule has 3 N–H and O–H groups in total. The van der Waals surface area contributed by atoms with Gasteiger partial charge in [0.25, 0.3) is 0 Å². The molecule has 6 heteroatoms. The molecule has 3 amide bonds. The Bertz CT molecular complexity index is 403. The number of rotatable bonds is 7. The lowest BCUT2D eigenvalue weighted by atomic mass is 9.77. The van der Waals surface area contributed by atoms with E-state index in [1.165, 1.54) is 4.90 Å². The van der Waals surface area contributed by atoms with Crippen LogP contribution in [0.2, 0.25) is 0 Å². The van der Waals surface area contributed by atoms with Gasteiger partial charge in [0.15, 0.2) is 0 Å². The molecule has 0 aromatic carbocycles. The summed E-state index contributed by atoms with van der Waals surface area (Å²) in [4.78, 5) is 38.0. The van der Waals surface area contributed by atoms with Gasteiger partial charge in [0.1, 0.15) is 12.6 Å². The Morgan fingerprint density at radius 2 is 1.86 bits per heavy atom. The number of hydrogen-bond acceptors (Lipinski definition) is 4. The fourth-order valence-electron chi connectivity index (χ4n) is 3.18. The Morgan fingerprint density at radius 1 is 1.29 bits per heavy atom. The standard InChI is InChI=1S/C15H27N3O3/c1-4-7-15(10-16,8-5-2)14(21)18-9-12(19)17-13(20)11(18)6-3/h11H,4-10,16H2,1-3H3,(H,17,19,20). The highest BCUT2D eigenvalue weighted by Crippen LogP contribution is 2.32. The molecule has 1 rings (SSSR count). The van der Waals surface area contributed by atoms with Gasteiger partial charge in [-0.15, -0.1) is 0 Å². The van der Waals surface area contributed by atoms with E-state index in [4.69, 9.17) is 5.73 Å². The molecule has 1 aliphatic heterocycles. The van der Waals surface area contributed by atoms with Gasteiger partial charge < -0.3 is 10.6 Å². The van der Waals surface area contributed by atoms with Crippen LogP contribution in [-0.2, 0) is 14.4 Å². The van der Waals surface area contributed by atoms with Crippen LogP contribution in [0.15, 0.2) is 0 Å².